The summed E-state index contributed by atoms with van der Waals surface area (Å²) in [4.78, 5) is 12.9. The van der Waals surface area contributed by atoms with Crippen molar-refractivity contribution in [2.24, 2.45) is 0 Å². The molecule has 1 aliphatic heterocycles. The van der Waals surface area contributed by atoms with E-state index in [1.54, 1.807) is 6.08 Å². The summed E-state index contributed by atoms with van der Waals surface area (Å²) in [6.07, 6.45) is 2.47. The van der Waals surface area contributed by atoms with Gasteiger partial charge in [0.15, 0.2) is 6.79 Å². The molecule has 0 aliphatic carbocycles. The van der Waals surface area contributed by atoms with Gasteiger partial charge in [-0.3, -0.25) is 4.79 Å². The molecular formula is C14H15F2NO3. The molecular weight excluding hydrogens is 268 g/mol. The Balaban J connectivity index is 2.37. The lowest BCUT2D eigenvalue weighted by Gasteiger charge is -2.25. The predicted octanol–water partition coefficient (Wildman–Crippen LogP) is 2.54. The molecule has 0 N–H and O–H groups in total. The first-order valence-corrected chi connectivity index (χ1v) is 6.12. The zero-order valence-corrected chi connectivity index (χ0v) is 11.3. The normalized spacial score (nSPS) is 15.3. The van der Waals surface area contributed by atoms with Gasteiger partial charge < -0.3 is 14.4 Å². The van der Waals surface area contributed by atoms with Crippen molar-refractivity contribution in [3.63, 3.8) is 0 Å². The first-order chi connectivity index (χ1) is 9.54. The molecule has 1 aromatic rings. The minimum absolute atomic E-state index is 0.0380. The summed E-state index contributed by atoms with van der Waals surface area (Å²) in [5.41, 5.74) is 0.0276. The maximum Gasteiger partial charge on any atom is 0.227 e. The van der Waals surface area contributed by atoms with Crippen LogP contribution in [0.4, 0.5) is 8.78 Å². The van der Waals surface area contributed by atoms with Gasteiger partial charge in [-0.1, -0.05) is 6.08 Å². The topological polar surface area (TPSA) is 38.8 Å². The number of rotatable bonds is 4. The SMILES string of the molecule is COCOc1cc(F)c(C2=CCCC(=O)N2C)c(F)c1. The van der Waals surface area contributed by atoms with Crippen LogP contribution in [0.25, 0.3) is 5.70 Å². The van der Waals surface area contributed by atoms with Crippen LogP contribution in [0.3, 0.4) is 0 Å². The molecule has 0 bridgehead atoms. The molecule has 6 heteroatoms. The number of allylic oxidation sites excluding steroid dienone is 1. The fourth-order valence-corrected chi connectivity index (χ4v) is 2.05. The number of carbonyl (C=O) groups excluding carboxylic acids is 1. The molecule has 20 heavy (non-hydrogen) atoms. The van der Waals surface area contributed by atoms with E-state index in [0.29, 0.717) is 12.8 Å². The molecule has 0 fully saturated rings. The number of ether oxygens (including phenoxy) is 2. The third kappa shape index (κ3) is 2.80. The van der Waals surface area contributed by atoms with E-state index in [2.05, 4.69) is 4.74 Å². The summed E-state index contributed by atoms with van der Waals surface area (Å²) >= 11 is 0. The van der Waals surface area contributed by atoms with Crippen LogP contribution in [0.2, 0.25) is 0 Å². The van der Waals surface area contributed by atoms with Gasteiger partial charge in [0.25, 0.3) is 0 Å². The third-order valence-corrected chi connectivity index (χ3v) is 3.05. The van der Waals surface area contributed by atoms with Crippen molar-refractivity contribution >= 4 is 11.6 Å². The summed E-state index contributed by atoms with van der Waals surface area (Å²) in [5, 5.41) is 0. The van der Waals surface area contributed by atoms with Gasteiger partial charge in [-0.25, -0.2) is 8.78 Å². The van der Waals surface area contributed by atoms with E-state index in [-0.39, 0.29) is 29.7 Å². The van der Waals surface area contributed by atoms with Gasteiger partial charge in [-0.15, -0.1) is 0 Å². The fraction of sp³-hybridized carbons (Fsp3) is 0.357. The number of methoxy groups -OCH3 is 1. The van der Waals surface area contributed by atoms with Crippen molar-refractivity contribution < 1.29 is 23.0 Å². The lowest BCUT2D eigenvalue weighted by Crippen LogP contribution is -2.28. The Bertz CT molecular complexity index is 534. The molecule has 1 aromatic carbocycles. The van der Waals surface area contributed by atoms with Gasteiger partial charge in [0, 0.05) is 32.7 Å². The maximum atomic E-state index is 14.1. The Morgan fingerprint density at radius 1 is 1.30 bits per heavy atom. The second-order valence-corrected chi connectivity index (χ2v) is 4.39. The molecule has 0 spiro atoms. The molecule has 0 unspecified atom stereocenters. The monoisotopic (exact) mass is 283 g/mol. The highest BCUT2D eigenvalue weighted by Crippen LogP contribution is 2.31. The Hall–Kier alpha value is -1.95. The quantitative estimate of drug-likeness (QED) is 0.797. The van der Waals surface area contributed by atoms with Gasteiger partial charge in [0.05, 0.1) is 11.3 Å². The Morgan fingerprint density at radius 2 is 1.95 bits per heavy atom. The summed E-state index contributed by atoms with van der Waals surface area (Å²) < 4.78 is 37.8. The second kappa shape index (κ2) is 6.00. The molecule has 4 nitrogen and oxygen atoms in total. The Labute approximate surface area is 115 Å². The summed E-state index contributed by atoms with van der Waals surface area (Å²) in [5.74, 6) is -1.68. The van der Waals surface area contributed by atoms with E-state index in [1.165, 1.54) is 19.1 Å². The average Bonchev–Trinajstić information content (AvgIpc) is 2.40. The van der Waals surface area contributed by atoms with Crippen LogP contribution in [0.1, 0.15) is 18.4 Å². The smallest absolute Gasteiger partial charge is 0.227 e. The van der Waals surface area contributed by atoms with E-state index in [9.17, 15) is 13.6 Å². The maximum absolute atomic E-state index is 14.1. The van der Waals surface area contributed by atoms with Crippen molar-refractivity contribution in [1.29, 1.82) is 0 Å². The number of benzene rings is 1. The highest BCUT2D eigenvalue weighted by atomic mass is 19.1. The van der Waals surface area contributed by atoms with E-state index in [1.807, 2.05) is 0 Å². The van der Waals surface area contributed by atoms with Crippen molar-refractivity contribution in [2.45, 2.75) is 12.8 Å². The van der Waals surface area contributed by atoms with Crippen molar-refractivity contribution in [3.8, 4) is 5.75 Å². The number of amides is 1. The number of carbonyl (C=O) groups is 1. The van der Waals surface area contributed by atoms with Gasteiger partial charge in [0.1, 0.15) is 17.4 Å². The summed E-state index contributed by atoms with van der Waals surface area (Å²) in [6, 6.07) is 2.15. The lowest BCUT2D eigenvalue weighted by molar-refractivity contribution is -0.127. The van der Waals surface area contributed by atoms with Crippen LogP contribution in [-0.2, 0) is 9.53 Å². The van der Waals surface area contributed by atoms with Crippen LogP contribution >= 0.6 is 0 Å². The highest BCUT2D eigenvalue weighted by Gasteiger charge is 2.24. The molecule has 2 rings (SSSR count). The van der Waals surface area contributed by atoms with Gasteiger partial charge in [-0.05, 0) is 6.42 Å². The number of halogens is 2. The molecule has 108 valence electrons. The first kappa shape index (κ1) is 14.5. The zero-order chi connectivity index (χ0) is 14.7. The van der Waals surface area contributed by atoms with Crippen LogP contribution in [0.15, 0.2) is 18.2 Å². The number of hydrogen-bond donors (Lipinski definition) is 0. The molecule has 1 heterocycles. The molecule has 0 saturated carbocycles. The molecule has 0 radical (unpaired) electrons. The minimum atomic E-state index is -0.774. The lowest BCUT2D eigenvalue weighted by atomic mass is 10.0. The van der Waals surface area contributed by atoms with Crippen LogP contribution < -0.4 is 4.74 Å². The summed E-state index contributed by atoms with van der Waals surface area (Å²) in [7, 11) is 2.91. The first-order valence-electron chi connectivity index (χ1n) is 6.12. The van der Waals surface area contributed by atoms with E-state index in [4.69, 9.17) is 4.74 Å². The van der Waals surface area contributed by atoms with Crippen molar-refractivity contribution in [1.82, 2.24) is 4.90 Å². The van der Waals surface area contributed by atoms with Gasteiger partial charge in [-0.2, -0.15) is 0 Å². The largest absolute Gasteiger partial charge is 0.467 e. The Morgan fingerprint density at radius 3 is 2.55 bits per heavy atom. The minimum Gasteiger partial charge on any atom is -0.467 e. The standard InChI is InChI=1S/C14H15F2NO3/c1-17-12(4-3-5-13(17)18)14-10(15)6-9(7-11(14)16)20-8-19-2/h4,6-7H,3,5,8H2,1-2H3. The molecule has 1 aliphatic rings. The van der Waals surface area contributed by atoms with Gasteiger partial charge >= 0.3 is 0 Å². The van der Waals surface area contributed by atoms with E-state index in [0.717, 1.165) is 12.1 Å². The van der Waals surface area contributed by atoms with Crippen LogP contribution in [0.5, 0.6) is 5.75 Å². The average molecular weight is 283 g/mol. The molecule has 1 amide bonds. The molecule has 0 atom stereocenters. The second-order valence-electron chi connectivity index (χ2n) is 4.39. The zero-order valence-electron chi connectivity index (χ0n) is 11.3. The van der Waals surface area contributed by atoms with Crippen molar-refractivity contribution in [3.05, 3.63) is 35.4 Å². The fourth-order valence-electron chi connectivity index (χ4n) is 2.05. The molecule has 0 saturated heterocycles. The van der Waals surface area contributed by atoms with E-state index >= 15 is 0 Å². The third-order valence-electron chi connectivity index (χ3n) is 3.05. The highest BCUT2D eigenvalue weighted by molar-refractivity contribution is 5.89. The number of hydrogen-bond acceptors (Lipinski definition) is 3. The summed E-state index contributed by atoms with van der Waals surface area (Å²) in [6.45, 7) is -0.0979. The van der Waals surface area contributed by atoms with E-state index < -0.39 is 11.6 Å². The van der Waals surface area contributed by atoms with Crippen LogP contribution in [-0.4, -0.2) is 31.8 Å². The Kier molecular flexibility index (Phi) is 4.34. The number of nitrogens with zero attached hydrogens (tertiary/aromatic N) is 1. The molecule has 0 aromatic heterocycles. The predicted molar refractivity (Wildman–Crippen MR) is 68.8 cm³/mol. The van der Waals surface area contributed by atoms with Crippen LogP contribution in [0, 0.1) is 11.6 Å². The van der Waals surface area contributed by atoms with Crippen molar-refractivity contribution in [2.75, 3.05) is 21.0 Å². The van der Waals surface area contributed by atoms with Gasteiger partial charge in [0.2, 0.25) is 5.91 Å².